The summed E-state index contributed by atoms with van der Waals surface area (Å²) in [6, 6.07) is 12.0. The van der Waals surface area contributed by atoms with Gasteiger partial charge in [0.1, 0.15) is 5.82 Å². The van der Waals surface area contributed by atoms with Crippen LogP contribution < -0.4 is 0 Å². The lowest BCUT2D eigenvalue weighted by Gasteiger charge is -2.05. The van der Waals surface area contributed by atoms with Gasteiger partial charge >= 0.3 is 0 Å². The Labute approximate surface area is 116 Å². The minimum absolute atomic E-state index is 0.0275. The average molecular weight is 267 g/mol. The lowest BCUT2D eigenvalue weighted by molar-refractivity contribution is 0.103. The number of carbonyl (C=O) groups is 1. The minimum Gasteiger partial charge on any atom is -0.360 e. The lowest BCUT2D eigenvalue weighted by Crippen LogP contribution is -2.04. The smallest absolute Gasteiger partial charge is 0.195 e. The Morgan fingerprint density at radius 2 is 1.95 bits per heavy atom. The van der Waals surface area contributed by atoms with E-state index in [0.717, 1.165) is 17.4 Å². The zero-order valence-electron chi connectivity index (χ0n) is 11.1. The van der Waals surface area contributed by atoms with E-state index in [-0.39, 0.29) is 11.6 Å². The van der Waals surface area contributed by atoms with E-state index in [1.807, 2.05) is 31.2 Å². The average Bonchev–Trinajstić information content (AvgIpc) is 2.89. The molecule has 2 aromatic carbocycles. The molecule has 3 heteroatoms. The van der Waals surface area contributed by atoms with Crippen LogP contribution in [0.4, 0.5) is 4.39 Å². The van der Waals surface area contributed by atoms with E-state index < -0.39 is 0 Å². The predicted octanol–water partition coefficient (Wildman–Crippen LogP) is 4.10. The number of benzene rings is 2. The van der Waals surface area contributed by atoms with Crippen molar-refractivity contribution in [1.82, 2.24) is 4.98 Å². The molecule has 0 amide bonds. The molecular weight excluding hydrogens is 253 g/mol. The Kier molecular flexibility index (Phi) is 3.11. The number of halogens is 1. The van der Waals surface area contributed by atoms with Gasteiger partial charge in [-0.1, -0.05) is 31.2 Å². The van der Waals surface area contributed by atoms with Crippen LogP contribution in [0.25, 0.3) is 10.9 Å². The van der Waals surface area contributed by atoms with Crippen LogP contribution in [-0.4, -0.2) is 10.8 Å². The van der Waals surface area contributed by atoms with Gasteiger partial charge in [0, 0.05) is 28.2 Å². The number of H-pyrrole nitrogens is 1. The van der Waals surface area contributed by atoms with Crippen molar-refractivity contribution >= 4 is 16.7 Å². The first kappa shape index (κ1) is 12.6. The van der Waals surface area contributed by atoms with Gasteiger partial charge in [-0.2, -0.15) is 0 Å². The molecule has 0 aliphatic rings. The molecule has 20 heavy (non-hydrogen) atoms. The molecule has 3 aromatic rings. The summed E-state index contributed by atoms with van der Waals surface area (Å²) >= 11 is 0. The highest BCUT2D eigenvalue weighted by molar-refractivity contribution is 6.16. The Balaban J connectivity index is 2.13. The first-order chi connectivity index (χ1) is 9.70. The van der Waals surface area contributed by atoms with Crippen LogP contribution in [0.5, 0.6) is 0 Å². The van der Waals surface area contributed by atoms with E-state index in [1.54, 1.807) is 12.3 Å². The summed E-state index contributed by atoms with van der Waals surface area (Å²) < 4.78 is 13.2. The van der Waals surface area contributed by atoms with Crippen molar-refractivity contribution in [2.75, 3.05) is 0 Å². The summed E-state index contributed by atoms with van der Waals surface area (Å²) in [6.07, 6.45) is 2.46. The van der Waals surface area contributed by atoms with Crippen LogP contribution in [0.15, 0.2) is 48.7 Å². The summed E-state index contributed by atoms with van der Waals surface area (Å²) in [5.41, 5.74) is 2.96. The zero-order valence-corrected chi connectivity index (χ0v) is 11.1. The van der Waals surface area contributed by atoms with Gasteiger partial charge in [0.15, 0.2) is 5.78 Å². The molecule has 3 rings (SSSR count). The van der Waals surface area contributed by atoms with E-state index in [0.29, 0.717) is 16.6 Å². The minimum atomic E-state index is -0.313. The highest BCUT2D eigenvalue weighted by Crippen LogP contribution is 2.23. The number of ketones is 1. The maximum atomic E-state index is 13.2. The molecule has 1 heterocycles. The second kappa shape index (κ2) is 4.93. The number of hydrogen-bond donors (Lipinski definition) is 1. The molecule has 0 spiro atoms. The van der Waals surface area contributed by atoms with Crippen LogP contribution in [-0.2, 0) is 6.42 Å². The zero-order chi connectivity index (χ0) is 14.1. The van der Waals surface area contributed by atoms with Crippen LogP contribution in [0.1, 0.15) is 28.4 Å². The number of aryl methyl sites for hydroxylation is 1. The molecule has 0 unspecified atom stereocenters. The van der Waals surface area contributed by atoms with E-state index >= 15 is 0 Å². The van der Waals surface area contributed by atoms with Crippen molar-refractivity contribution in [2.24, 2.45) is 0 Å². The third-order valence-electron chi connectivity index (χ3n) is 3.53. The SMILES string of the molecule is CCc1ccccc1C(=O)c1c[nH]c2cc(F)ccc12. The lowest BCUT2D eigenvalue weighted by atomic mass is 9.97. The molecule has 0 fully saturated rings. The van der Waals surface area contributed by atoms with E-state index in [4.69, 9.17) is 0 Å². The third-order valence-corrected chi connectivity index (χ3v) is 3.53. The fourth-order valence-corrected chi connectivity index (χ4v) is 2.48. The van der Waals surface area contributed by atoms with Gasteiger partial charge in [0.2, 0.25) is 0 Å². The molecule has 0 aliphatic carbocycles. The van der Waals surface area contributed by atoms with Crippen molar-refractivity contribution in [3.63, 3.8) is 0 Å². The molecule has 2 nitrogen and oxygen atoms in total. The van der Waals surface area contributed by atoms with Crippen molar-refractivity contribution in [2.45, 2.75) is 13.3 Å². The maximum Gasteiger partial charge on any atom is 0.195 e. The van der Waals surface area contributed by atoms with E-state index in [2.05, 4.69) is 4.98 Å². The summed E-state index contributed by atoms with van der Waals surface area (Å²) in [5.74, 6) is -0.340. The largest absolute Gasteiger partial charge is 0.360 e. The number of nitrogens with one attached hydrogen (secondary N) is 1. The second-order valence-corrected chi connectivity index (χ2v) is 4.73. The highest BCUT2D eigenvalue weighted by Gasteiger charge is 2.16. The van der Waals surface area contributed by atoms with Crippen LogP contribution in [0.3, 0.4) is 0 Å². The predicted molar refractivity (Wildman–Crippen MR) is 77.5 cm³/mol. The summed E-state index contributed by atoms with van der Waals surface area (Å²) in [4.78, 5) is 15.6. The van der Waals surface area contributed by atoms with Crippen LogP contribution in [0, 0.1) is 5.82 Å². The van der Waals surface area contributed by atoms with E-state index in [1.165, 1.54) is 12.1 Å². The first-order valence-corrected chi connectivity index (χ1v) is 6.60. The number of carbonyl (C=O) groups excluding carboxylic acids is 1. The van der Waals surface area contributed by atoms with Gasteiger partial charge in [-0.15, -0.1) is 0 Å². The van der Waals surface area contributed by atoms with Gasteiger partial charge in [0.25, 0.3) is 0 Å². The van der Waals surface area contributed by atoms with Gasteiger partial charge in [0.05, 0.1) is 0 Å². The molecular formula is C17H14FNO. The highest BCUT2D eigenvalue weighted by atomic mass is 19.1. The monoisotopic (exact) mass is 267 g/mol. The van der Waals surface area contributed by atoms with Crippen LogP contribution >= 0.6 is 0 Å². The standard InChI is InChI=1S/C17H14FNO/c1-2-11-5-3-4-6-13(11)17(20)15-10-19-16-9-12(18)7-8-14(15)16/h3-10,19H,2H2,1H3. The van der Waals surface area contributed by atoms with Crippen LogP contribution in [0.2, 0.25) is 0 Å². The molecule has 0 atom stereocenters. The normalized spacial score (nSPS) is 10.9. The molecule has 1 N–H and O–H groups in total. The third kappa shape index (κ3) is 2.01. The molecule has 0 radical (unpaired) electrons. The quantitative estimate of drug-likeness (QED) is 0.712. The Morgan fingerprint density at radius 3 is 2.75 bits per heavy atom. The molecule has 0 aliphatic heterocycles. The van der Waals surface area contributed by atoms with Crippen molar-refractivity contribution in [1.29, 1.82) is 0 Å². The number of hydrogen-bond acceptors (Lipinski definition) is 1. The molecule has 1 aromatic heterocycles. The summed E-state index contributed by atoms with van der Waals surface area (Å²) in [6.45, 7) is 2.02. The number of aromatic amines is 1. The van der Waals surface area contributed by atoms with Gasteiger partial charge < -0.3 is 4.98 Å². The molecule has 0 saturated heterocycles. The molecule has 100 valence electrons. The fraction of sp³-hybridized carbons (Fsp3) is 0.118. The van der Waals surface area contributed by atoms with Crippen molar-refractivity contribution in [3.05, 3.63) is 71.2 Å². The number of rotatable bonds is 3. The number of fused-ring (bicyclic) bond motifs is 1. The Hall–Kier alpha value is -2.42. The Bertz CT molecular complexity index is 789. The van der Waals surface area contributed by atoms with Gasteiger partial charge in [-0.05, 0) is 30.2 Å². The Morgan fingerprint density at radius 1 is 1.15 bits per heavy atom. The summed E-state index contributed by atoms with van der Waals surface area (Å²) in [7, 11) is 0. The number of aromatic nitrogens is 1. The van der Waals surface area contributed by atoms with Gasteiger partial charge in [-0.3, -0.25) is 4.79 Å². The van der Waals surface area contributed by atoms with Gasteiger partial charge in [-0.25, -0.2) is 4.39 Å². The van der Waals surface area contributed by atoms with Crippen molar-refractivity contribution in [3.8, 4) is 0 Å². The maximum absolute atomic E-state index is 13.2. The second-order valence-electron chi connectivity index (χ2n) is 4.73. The topological polar surface area (TPSA) is 32.9 Å². The summed E-state index contributed by atoms with van der Waals surface area (Å²) in [5, 5.41) is 0.752. The van der Waals surface area contributed by atoms with E-state index in [9.17, 15) is 9.18 Å². The fourth-order valence-electron chi connectivity index (χ4n) is 2.48. The van der Waals surface area contributed by atoms with Crippen molar-refractivity contribution < 1.29 is 9.18 Å². The molecule has 0 bridgehead atoms. The molecule has 0 saturated carbocycles. The first-order valence-electron chi connectivity index (χ1n) is 6.60.